The largest absolute Gasteiger partial charge is 0.320 e. The zero-order valence-electron chi connectivity index (χ0n) is 14.9. The van der Waals surface area contributed by atoms with Crippen LogP contribution in [0.3, 0.4) is 0 Å². The Morgan fingerprint density at radius 2 is 1.84 bits per heavy atom. The van der Waals surface area contributed by atoms with Crippen LogP contribution < -0.4 is 10.5 Å². The molecule has 1 aromatic heterocycles. The summed E-state index contributed by atoms with van der Waals surface area (Å²) in [6.07, 6.45) is 1.70. The van der Waals surface area contributed by atoms with E-state index in [2.05, 4.69) is 29.9 Å². The molecular formula is C20H21FN2OSi. The number of pyridine rings is 1. The number of benzene rings is 2. The van der Waals surface area contributed by atoms with Crippen LogP contribution in [0.1, 0.15) is 15.9 Å². The minimum atomic E-state index is -1.89. The number of hydrogen-bond acceptors (Lipinski definition) is 2. The van der Waals surface area contributed by atoms with Crippen LogP contribution in [-0.2, 0) is 0 Å². The number of amides is 1. The SMILES string of the molecule is Cc1cc(F)cc([Si](C)(C)C)c1C(=O)Nc1cccc2cccnc12. The van der Waals surface area contributed by atoms with Gasteiger partial charge in [0.05, 0.1) is 19.3 Å². The molecule has 2 aromatic carbocycles. The number of carbonyl (C=O) groups is 1. The summed E-state index contributed by atoms with van der Waals surface area (Å²) in [5.41, 5.74) is 2.64. The molecule has 0 fully saturated rings. The van der Waals surface area contributed by atoms with Crippen molar-refractivity contribution in [2.45, 2.75) is 26.6 Å². The summed E-state index contributed by atoms with van der Waals surface area (Å²) in [4.78, 5) is 17.4. The molecule has 0 atom stereocenters. The molecule has 25 heavy (non-hydrogen) atoms. The van der Waals surface area contributed by atoms with Gasteiger partial charge in [0.1, 0.15) is 5.82 Å². The first kappa shape index (κ1) is 17.3. The fourth-order valence-corrected chi connectivity index (χ4v) is 4.66. The van der Waals surface area contributed by atoms with Crippen molar-refractivity contribution >= 4 is 35.8 Å². The predicted octanol–water partition coefficient (Wildman–Crippen LogP) is 4.48. The van der Waals surface area contributed by atoms with E-state index in [4.69, 9.17) is 0 Å². The quantitative estimate of drug-likeness (QED) is 0.706. The monoisotopic (exact) mass is 352 g/mol. The molecule has 0 saturated carbocycles. The van der Waals surface area contributed by atoms with Crippen LogP contribution in [0.15, 0.2) is 48.7 Å². The summed E-state index contributed by atoms with van der Waals surface area (Å²) in [6.45, 7) is 8.11. The van der Waals surface area contributed by atoms with Gasteiger partial charge < -0.3 is 5.32 Å². The van der Waals surface area contributed by atoms with Gasteiger partial charge in [-0.1, -0.05) is 37.8 Å². The standard InChI is InChI=1S/C20H21FN2OSi/c1-13-11-15(21)12-17(25(2,3)4)18(13)20(24)23-16-9-5-7-14-8-6-10-22-19(14)16/h5-12H,1-4H3,(H,23,24). The Morgan fingerprint density at radius 3 is 2.56 bits per heavy atom. The minimum absolute atomic E-state index is 0.215. The minimum Gasteiger partial charge on any atom is -0.320 e. The Morgan fingerprint density at radius 1 is 1.12 bits per heavy atom. The molecule has 0 aliphatic carbocycles. The van der Waals surface area contributed by atoms with Gasteiger partial charge in [0.15, 0.2) is 0 Å². The van der Waals surface area contributed by atoms with Crippen LogP contribution in [0.25, 0.3) is 10.9 Å². The normalized spacial score (nSPS) is 11.6. The van der Waals surface area contributed by atoms with Crippen molar-refractivity contribution < 1.29 is 9.18 Å². The van der Waals surface area contributed by atoms with Gasteiger partial charge in [0, 0.05) is 17.1 Å². The molecule has 0 radical (unpaired) electrons. The smallest absolute Gasteiger partial charge is 0.255 e. The summed E-state index contributed by atoms with van der Waals surface area (Å²) >= 11 is 0. The molecule has 3 rings (SSSR count). The highest BCUT2D eigenvalue weighted by molar-refractivity contribution is 6.89. The molecule has 0 saturated heterocycles. The molecule has 1 amide bonds. The molecule has 5 heteroatoms. The number of aryl methyl sites for hydroxylation is 1. The molecule has 0 unspecified atom stereocenters. The first-order valence-electron chi connectivity index (χ1n) is 8.23. The average molecular weight is 352 g/mol. The summed E-state index contributed by atoms with van der Waals surface area (Å²) < 4.78 is 13.9. The summed E-state index contributed by atoms with van der Waals surface area (Å²) in [5, 5.41) is 4.76. The number of carbonyl (C=O) groups excluding carboxylic acids is 1. The maximum atomic E-state index is 13.9. The Bertz CT molecular complexity index is 958. The summed E-state index contributed by atoms with van der Waals surface area (Å²) in [7, 11) is -1.89. The highest BCUT2D eigenvalue weighted by Gasteiger charge is 2.26. The lowest BCUT2D eigenvalue weighted by Gasteiger charge is -2.22. The van der Waals surface area contributed by atoms with E-state index in [1.54, 1.807) is 13.1 Å². The van der Waals surface area contributed by atoms with Gasteiger partial charge in [0.2, 0.25) is 0 Å². The molecule has 0 aliphatic rings. The van der Waals surface area contributed by atoms with Gasteiger partial charge in [-0.2, -0.15) is 0 Å². The lowest BCUT2D eigenvalue weighted by atomic mass is 10.1. The van der Waals surface area contributed by atoms with Gasteiger partial charge in [0.25, 0.3) is 5.91 Å². The number of rotatable bonds is 3. The third-order valence-corrected chi connectivity index (χ3v) is 6.23. The highest BCUT2D eigenvalue weighted by Crippen LogP contribution is 2.22. The van der Waals surface area contributed by atoms with Crippen molar-refractivity contribution in [2.75, 3.05) is 5.32 Å². The third kappa shape index (κ3) is 3.46. The van der Waals surface area contributed by atoms with Crippen LogP contribution in [-0.4, -0.2) is 19.0 Å². The van der Waals surface area contributed by atoms with Crippen molar-refractivity contribution in [3.63, 3.8) is 0 Å². The Labute approximate surface area is 147 Å². The molecule has 128 valence electrons. The number of hydrogen-bond donors (Lipinski definition) is 1. The van der Waals surface area contributed by atoms with E-state index in [9.17, 15) is 9.18 Å². The van der Waals surface area contributed by atoms with E-state index in [1.807, 2.05) is 30.3 Å². The second-order valence-electron chi connectivity index (χ2n) is 7.23. The highest BCUT2D eigenvalue weighted by atomic mass is 28.3. The number of nitrogens with one attached hydrogen (secondary N) is 1. The van der Waals surface area contributed by atoms with Crippen molar-refractivity contribution in [3.05, 3.63) is 65.6 Å². The lowest BCUT2D eigenvalue weighted by molar-refractivity contribution is 0.102. The fraction of sp³-hybridized carbons (Fsp3) is 0.200. The molecule has 3 aromatic rings. The third-order valence-electron chi connectivity index (χ3n) is 4.22. The summed E-state index contributed by atoms with van der Waals surface area (Å²) in [6, 6.07) is 12.4. The van der Waals surface area contributed by atoms with Gasteiger partial charge >= 0.3 is 0 Å². The average Bonchev–Trinajstić information content (AvgIpc) is 2.53. The Balaban J connectivity index is 2.07. The summed E-state index contributed by atoms with van der Waals surface area (Å²) in [5.74, 6) is -0.508. The molecule has 1 N–H and O–H groups in total. The van der Waals surface area contributed by atoms with Gasteiger partial charge in [-0.3, -0.25) is 9.78 Å². The van der Waals surface area contributed by atoms with Crippen LogP contribution in [0, 0.1) is 12.7 Å². The fourth-order valence-electron chi connectivity index (χ4n) is 3.03. The van der Waals surface area contributed by atoms with E-state index >= 15 is 0 Å². The van der Waals surface area contributed by atoms with E-state index in [-0.39, 0.29) is 11.7 Å². The molecule has 0 spiro atoms. The van der Waals surface area contributed by atoms with Crippen molar-refractivity contribution in [3.8, 4) is 0 Å². The van der Waals surface area contributed by atoms with Crippen molar-refractivity contribution in [1.29, 1.82) is 0 Å². The number of aromatic nitrogens is 1. The van der Waals surface area contributed by atoms with E-state index in [1.165, 1.54) is 12.1 Å². The van der Waals surface area contributed by atoms with Gasteiger partial charge in [-0.25, -0.2) is 4.39 Å². The van der Waals surface area contributed by atoms with Crippen LogP contribution in [0.2, 0.25) is 19.6 Å². The van der Waals surface area contributed by atoms with E-state index in [0.29, 0.717) is 16.8 Å². The van der Waals surface area contributed by atoms with E-state index < -0.39 is 8.07 Å². The number of fused-ring (bicyclic) bond motifs is 1. The zero-order valence-corrected chi connectivity index (χ0v) is 15.9. The second-order valence-corrected chi connectivity index (χ2v) is 12.3. The number of halogens is 1. The Hall–Kier alpha value is -2.53. The van der Waals surface area contributed by atoms with Crippen LogP contribution >= 0.6 is 0 Å². The topological polar surface area (TPSA) is 42.0 Å². The predicted molar refractivity (Wildman–Crippen MR) is 104 cm³/mol. The van der Waals surface area contributed by atoms with Crippen molar-refractivity contribution in [2.24, 2.45) is 0 Å². The van der Waals surface area contributed by atoms with E-state index in [0.717, 1.165) is 16.1 Å². The first-order valence-corrected chi connectivity index (χ1v) is 11.7. The number of para-hydroxylation sites is 1. The van der Waals surface area contributed by atoms with Crippen LogP contribution in [0.4, 0.5) is 10.1 Å². The molecule has 0 bridgehead atoms. The maximum Gasteiger partial charge on any atom is 0.255 e. The molecule has 3 nitrogen and oxygen atoms in total. The van der Waals surface area contributed by atoms with Crippen molar-refractivity contribution in [1.82, 2.24) is 4.98 Å². The second kappa shape index (κ2) is 6.41. The number of anilines is 1. The van der Waals surface area contributed by atoms with Crippen LogP contribution in [0.5, 0.6) is 0 Å². The molecule has 0 aliphatic heterocycles. The molecular weight excluding hydrogens is 331 g/mol. The zero-order chi connectivity index (χ0) is 18.2. The van der Waals surface area contributed by atoms with Gasteiger partial charge in [-0.15, -0.1) is 0 Å². The Kier molecular flexibility index (Phi) is 4.43. The maximum absolute atomic E-state index is 13.9. The number of nitrogens with zero attached hydrogens (tertiary/aromatic N) is 1. The first-order chi connectivity index (χ1) is 11.8. The lowest BCUT2D eigenvalue weighted by Crippen LogP contribution is -2.43. The van der Waals surface area contributed by atoms with Gasteiger partial charge in [-0.05, 0) is 41.9 Å². The molecule has 1 heterocycles.